The zero-order valence-corrected chi connectivity index (χ0v) is 21.4. The third kappa shape index (κ3) is 4.42. The Labute approximate surface area is 219 Å². The molecule has 0 aliphatic carbocycles. The normalized spacial score (nSPS) is 19.8. The molecule has 6 rings (SSSR count). The van der Waals surface area contributed by atoms with Crippen LogP contribution in [0.25, 0.3) is 11.1 Å². The van der Waals surface area contributed by atoms with Gasteiger partial charge in [-0.25, -0.2) is 13.6 Å². The third-order valence-electron chi connectivity index (χ3n) is 7.98. The highest BCUT2D eigenvalue weighted by atomic mass is 19.3. The molecule has 0 saturated carbocycles. The lowest BCUT2D eigenvalue weighted by atomic mass is 9.92. The van der Waals surface area contributed by atoms with Crippen LogP contribution >= 0.6 is 0 Å². The van der Waals surface area contributed by atoms with E-state index >= 15 is 0 Å². The van der Waals surface area contributed by atoms with Crippen LogP contribution < -0.4 is 4.90 Å². The van der Waals surface area contributed by atoms with Crippen molar-refractivity contribution < 1.29 is 23.4 Å². The average Bonchev–Trinajstić information content (AvgIpc) is 3.40. The summed E-state index contributed by atoms with van der Waals surface area (Å²) in [4.78, 5) is 15.3. The van der Waals surface area contributed by atoms with E-state index in [2.05, 4.69) is 9.78 Å². The van der Waals surface area contributed by atoms with E-state index in [1.54, 1.807) is 30.2 Å². The molecule has 11 heteroatoms. The van der Waals surface area contributed by atoms with E-state index in [9.17, 15) is 18.7 Å². The second kappa shape index (κ2) is 10.0. The molecule has 3 aromatic rings. The second-order valence-electron chi connectivity index (χ2n) is 10.4. The van der Waals surface area contributed by atoms with Crippen molar-refractivity contribution in [2.24, 2.45) is 7.05 Å². The fraction of sp³-hybridized carbons (Fsp3) is 0.519. The van der Waals surface area contributed by atoms with Crippen molar-refractivity contribution in [2.45, 2.75) is 57.5 Å². The van der Waals surface area contributed by atoms with Gasteiger partial charge in [0.15, 0.2) is 5.82 Å². The summed E-state index contributed by atoms with van der Waals surface area (Å²) in [5, 5.41) is 19.0. The molecule has 3 aliphatic rings. The van der Waals surface area contributed by atoms with Crippen molar-refractivity contribution in [3.8, 4) is 11.1 Å². The van der Waals surface area contributed by atoms with Gasteiger partial charge in [0.05, 0.1) is 18.8 Å². The number of halogens is 2. The molecule has 0 spiro atoms. The zero-order chi connectivity index (χ0) is 26.4. The highest BCUT2D eigenvalue weighted by molar-refractivity contribution is 5.77. The molecule has 1 N–H and O–H groups in total. The molecule has 1 fully saturated rings. The lowest BCUT2D eigenvalue weighted by Gasteiger charge is -2.33. The zero-order valence-electron chi connectivity index (χ0n) is 21.4. The fourth-order valence-corrected chi connectivity index (χ4v) is 6.10. The van der Waals surface area contributed by atoms with Gasteiger partial charge in [-0.05, 0) is 55.4 Å². The van der Waals surface area contributed by atoms with Gasteiger partial charge in [0.25, 0.3) is 6.43 Å². The van der Waals surface area contributed by atoms with E-state index in [1.165, 1.54) is 4.90 Å². The van der Waals surface area contributed by atoms with Crippen LogP contribution in [-0.4, -0.2) is 62.0 Å². The van der Waals surface area contributed by atoms with Gasteiger partial charge in [-0.1, -0.05) is 0 Å². The Bertz CT molecular complexity index is 1340. The number of carboxylic acid groups (broad SMARTS) is 1. The van der Waals surface area contributed by atoms with Gasteiger partial charge in [-0.15, -0.1) is 0 Å². The molecule has 1 amide bonds. The van der Waals surface area contributed by atoms with Crippen molar-refractivity contribution in [2.75, 3.05) is 31.2 Å². The number of amides is 1. The minimum Gasteiger partial charge on any atom is -0.465 e. The van der Waals surface area contributed by atoms with Crippen molar-refractivity contribution >= 4 is 17.6 Å². The van der Waals surface area contributed by atoms with Gasteiger partial charge >= 0.3 is 6.09 Å². The molecule has 1 unspecified atom stereocenters. The SMILES string of the molecule is Cn1cc(-c2cc3c(cc2C(F)F)N(c2nn(C4CCCOCC4)c4c2CN(C(=O)O)CC4)CCC3)cn1. The number of fused-ring (bicyclic) bond motifs is 2. The summed E-state index contributed by atoms with van der Waals surface area (Å²) >= 11 is 0. The molecule has 0 bridgehead atoms. The summed E-state index contributed by atoms with van der Waals surface area (Å²) in [6.45, 7) is 2.68. The molecule has 1 saturated heterocycles. The minimum atomic E-state index is -2.65. The van der Waals surface area contributed by atoms with Crippen molar-refractivity contribution in [3.05, 3.63) is 46.9 Å². The molecule has 9 nitrogen and oxygen atoms in total. The first-order valence-corrected chi connectivity index (χ1v) is 13.3. The number of anilines is 2. The Kier molecular flexibility index (Phi) is 6.55. The first-order chi connectivity index (χ1) is 18.4. The Morgan fingerprint density at radius 1 is 1.16 bits per heavy atom. The van der Waals surface area contributed by atoms with Crippen LogP contribution in [-0.2, 0) is 31.2 Å². The molecule has 1 atom stereocenters. The van der Waals surface area contributed by atoms with Crippen molar-refractivity contribution in [3.63, 3.8) is 0 Å². The molecule has 5 heterocycles. The molecular formula is C27H32F2N6O3. The number of hydrogen-bond donors (Lipinski definition) is 1. The standard InChI is InChI=1S/C27H32F2N6O3/c1-32-15-18(14-30-32)20-12-17-4-2-8-34(24(17)13-21(20)25(28)29)26-22-16-33(27(36)37)9-6-23(22)35(31-26)19-5-3-10-38-11-7-19/h12-15,19,25H,2-11,16H2,1H3,(H,36,37). The van der Waals surface area contributed by atoms with E-state index < -0.39 is 12.5 Å². The smallest absolute Gasteiger partial charge is 0.407 e. The maximum absolute atomic E-state index is 14.4. The number of nitrogens with zero attached hydrogens (tertiary/aromatic N) is 6. The Hall–Kier alpha value is -3.47. The van der Waals surface area contributed by atoms with Crippen LogP contribution in [0.2, 0.25) is 0 Å². The number of carbonyl (C=O) groups is 1. The van der Waals surface area contributed by atoms with E-state index in [1.807, 2.05) is 11.0 Å². The lowest BCUT2D eigenvalue weighted by molar-refractivity contribution is 0.138. The molecule has 1 aromatic carbocycles. The number of hydrogen-bond acceptors (Lipinski definition) is 5. The number of rotatable bonds is 4. The molecule has 0 radical (unpaired) electrons. The summed E-state index contributed by atoms with van der Waals surface area (Å²) in [6.07, 6.45) is 4.67. The maximum Gasteiger partial charge on any atom is 0.407 e. The first kappa shape index (κ1) is 24.8. The number of aromatic nitrogens is 4. The number of benzene rings is 1. The molecular weight excluding hydrogens is 494 g/mol. The van der Waals surface area contributed by atoms with E-state index in [0.29, 0.717) is 43.1 Å². The monoisotopic (exact) mass is 526 g/mol. The van der Waals surface area contributed by atoms with Crippen LogP contribution in [0, 0.1) is 0 Å². The van der Waals surface area contributed by atoms with E-state index in [-0.39, 0.29) is 18.2 Å². The van der Waals surface area contributed by atoms with E-state index in [0.717, 1.165) is 61.2 Å². The summed E-state index contributed by atoms with van der Waals surface area (Å²) in [5.74, 6) is 0.686. The van der Waals surface area contributed by atoms with Gasteiger partial charge in [0, 0.05) is 74.0 Å². The van der Waals surface area contributed by atoms with Crippen LogP contribution in [0.4, 0.5) is 25.1 Å². The topological polar surface area (TPSA) is 88.7 Å². The molecule has 3 aliphatic heterocycles. The summed E-state index contributed by atoms with van der Waals surface area (Å²) in [5.41, 5.74) is 4.77. The molecule has 2 aromatic heterocycles. The Balaban J connectivity index is 1.47. The lowest BCUT2D eigenvalue weighted by Crippen LogP contribution is -2.36. The van der Waals surface area contributed by atoms with Crippen LogP contribution in [0.5, 0.6) is 0 Å². The van der Waals surface area contributed by atoms with E-state index in [4.69, 9.17) is 9.84 Å². The van der Waals surface area contributed by atoms with Gasteiger partial charge in [0.1, 0.15) is 0 Å². The Morgan fingerprint density at radius 3 is 2.79 bits per heavy atom. The molecule has 202 valence electrons. The van der Waals surface area contributed by atoms with Gasteiger partial charge in [0.2, 0.25) is 0 Å². The third-order valence-corrected chi connectivity index (χ3v) is 7.98. The van der Waals surface area contributed by atoms with Gasteiger partial charge < -0.3 is 19.6 Å². The van der Waals surface area contributed by atoms with Crippen LogP contribution in [0.15, 0.2) is 24.5 Å². The predicted molar refractivity (Wildman–Crippen MR) is 137 cm³/mol. The summed E-state index contributed by atoms with van der Waals surface area (Å²) in [6, 6.07) is 3.64. The minimum absolute atomic E-state index is 0.0370. The number of ether oxygens (including phenoxy) is 1. The highest BCUT2D eigenvalue weighted by Gasteiger charge is 2.34. The van der Waals surface area contributed by atoms with Crippen molar-refractivity contribution in [1.82, 2.24) is 24.5 Å². The summed E-state index contributed by atoms with van der Waals surface area (Å²) < 4.78 is 38.1. The highest BCUT2D eigenvalue weighted by Crippen LogP contribution is 2.43. The van der Waals surface area contributed by atoms with Crippen molar-refractivity contribution in [1.29, 1.82) is 0 Å². The quantitative estimate of drug-likeness (QED) is 0.510. The number of alkyl halides is 2. The number of aryl methyl sites for hydroxylation is 2. The Morgan fingerprint density at radius 2 is 2.03 bits per heavy atom. The average molecular weight is 527 g/mol. The van der Waals surface area contributed by atoms with Crippen LogP contribution in [0.1, 0.15) is 60.5 Å². The van der Waals surface area contributed by atoms with Gasteiger partial charge in [-0.3, -0.25) is 9.36 Å². The van der Waals surface area contributed by atoms with Crippen LogP contribution in [0.3, 0.4) is 0 Å². The second-order valence-corrected chi connectivity index (χ2v) is 10.4. The van der Waals surface area contributed by atoms with Gasteiger partial charge in [-0.2, -0.15) is 10.2 Å². The predicted octanol–water partition coefficient (Wildman–Crippen LogP) is 5.08. The molecule has 38 heavy (non-hydrogen) atoms. The maximum atomic E-state index is 14.4. The first-order valence-electron chi connectivity index (χ1n) is 13.3. The summed E-state index contributed by atoms with van der Waals surface area (Å²) in [7, 11) is 1.77. The largest absolute Gasteiger partial charge is 0.465 e. The fourth-order valence-electron chi connectivity index (χ4n) is 6.10.